The van der Waals surface area contributed by atoms with Crippen LogP contribution in [0, 0.1) is 55.3 Å². The normalized spacial score (nSPS) is 12.1. The molecule has 8 N–H and O–H groups in total. The number of carboxylic acid groups (broad SMARTS) is 1. The molecule has 101 heavy (non-hydrogen) atoms. The first kappa shape index (κ1) is 96.6. The van der Waals surface area contributed by atoms with Gasteiger partial charge in [0.2, 0.25) is 20.4 Å². The molecule has 0 heterocycles. The van der Waals surface area contributed by atoms with Gasteiger partial charge in [-0.2, -0.15) is 27.0 Å². The van der Waals surface area contributed by atoms with E-state index in [1.807, 2.05) is 113 Å². The van der Waals surface area contributed by atoms with Crippen molar-refractivity contribution >= 4 is 130 Å². The number of rotatable bonds is 35. The maximum absolute atomic E-state index is 13.1. The molecule has 0 aliphatic heterocycles. The fourth-order valence-electron chi connectivity index (χ4n) is 8.93. The number of aryl methyl sites for hydroxylation is 2. The quantitative estimate of drug-likeness (QED) is 0.00697. The van der Waals surface area contributed by atoms with Crippen molar-refractivity contribution in [2.45, 2.75) is 162 Å². The molecule has 4 aromatic carbocycles. The first-order valence-electron chi connectivity index (χ1n) is 33.0. The number of ether oxygens (including phenoxy) is 4. The van der Waals surface area contributed by atoms with Crippen molar-refractivity contribution in [3.8, 4) is 0 Å². The second-order valence-electron chi connectivity index (χ2n) is 26.0. The van der Waals surface area contributed by atoms with Crippen molar-refractivity contribution in [3.63, 3.8) is 0 Å². The third-order valence-corrected chi connectivity index (χ3v) is 15.3. The van der Waals surface area contributed by atoms with Gasteiger partial charge in [-0.25, -0.2) is 32.3 Å². The molecule has 4 aromatic rings. The zero-order valence-electron chi connectivity index (χ0n) is 61.8. The Balaban J connectivity index is 0. The first-order chi connectivity index (χ1) is 46.2. The van der Waals surface area contributed by atoms with Gasteiger partial charge in [-0.3, -0.25) is 24.0 Å². The lowest BCUT2D eigenvalue weighted by Gasteiger charge is -2.31. The van der Waals surface area contributed by atoms with Crippen molar-refractivity contribution in [3.05, 3.63) is 107 Å². The van der Waals surface area contributed by atoms with Crippen molar-refractivity contribution < 1.29 is 95.0 Å². The molecule has 4 rings (SSSR count). The van der Waals surface area contributed by atoms with Gasteiger partial charge < -0.3 is 69.8 Å². The van der Waals surface area contributed by atoms with Crippen molar-refractivity contribution in [1.29, 1.82) is 0 Å². The summed E-state index contributed by atoms with van der Waals surface area (Å²) < 4.78 is 55.3. The Morgan fingerprint density at radius 1 is 0.465 bits per heavy atom. The molecule has 0 saturated heterocycles. The van der Waals surface area contributed by atoms with Crippen LogP contribution in [0.4, 0.5) is 43.7 Å². The summed E-state index contributed by atoms with van der Waals surface area (Å²) in [7, 11) is -9.36. The van der Waals surface area contributed by atoms with Crippen LogP contribution >= 0.6 is 54.2 Å². The number of nitrogens with zero attached hydrogens (tertiary/aromatic N) is 2. The fraction of sp³-hybridized carbons (Fsp3) is 0.557. The molecule has 0 fully saturated rings. The highest BCUT2D eigenvalue weighted by Gasteiger charge is 2.27. The minimum Gasteiger partial charge on any atom is -0.481 e. The van der Waals surface area contributed by atoms with Crippen LogP contribution in [-0.4, -0.2) is 114 Å². The molecule has 0 bridgehead atoms. The second-order valence-corrected chi connectivity index (χ2v) is 28.9. The maximum atomic E-state index is 13.1. The number of phosphoric acid groups is 2. The molecule has 4 amide bonds. The molecule has 26 nitrogen and oxygen atoms in total. The number of hydrogen-bond donors (Lipinski definition) is 8. The number of anilines is 6. The number of hydrogen-bond acceptors (Lipinski definition) is 18. The monoisotopic (exact) mass is 1520 g/mol. The lowest BCUT2D eigenvalue weighted by molar-refractivity contribution is -0.156. The van der Waals surface area contributed by atoms with Crippen LogP contribution in [-0.2, 0) is 65.6 Å². The van der Waals surface area contributed by atoms with Gasteiger partial charge in [0.05, 0.1) is 53.3 Å². The predicted molar refractivity (Wildman–Crippen MR) is 407 cm³/mol. The smallest absolute Gasteiger partial charge is 0.478 e. The molecule has 0 radical (unpaired) electrons. The summed E-state index contributed by atoms with van der Waals surface area (Å²) in [6, 6.07) is 25.8. The molecule has 0 aromatic heterocycles. The van der Waals surface area contributed by atoms with Gasteiger partial charge in [0.25, 0.3) is 0 Å². The lowest BCUT2D eigenvalue weighted by atomic mass is 9.92. The van der Waals surface area contributed by atoms with E-state index in [1.165, 1.54) is 0 Å². The van der Waals surface area contributed by atoms with Crippen LogP contribution in [0.25, 0.3) is 0 Å². The zero-order valence-corrected chi connectivity index (χ0v) is 66.3. The largest absolute Gasteiger partial charge is 0.481 e. The summed E-state index contributed by atoms with van der Waals surface area (Å²) >= 11 is 5.10. The van der Waals surface area contributed by atoms with Gasteiger partial charge in [0, 0.05) is 37.6 Å². The molecular weight excluding hydrogens is 1410 g/mol. The number of phosphoric ester groups is 2. The number of carboxylic acids is 1. The van der Waals surface area contributed by atoms with E-state index < -0.39 is 71.9 Å². The Hall–Kier alpha value is -6.42. The van der Waals surface area contributed by atoms with E-state index in [0.29, 0.717) is 59.3 Å². The Kier molecular flexibility index (Phi) is 47.9. The molecule has 0 aliphatic rings. The van der Waals surface area contributed by atoms with Gasteiger partial charge >= 0.3 is 57.6 Å². The van der Waals surface area contributed by atoms with Gasteiger partial charge in [-0.15, -0.1) is 0 Å². The molecule has 572 valence electrons. The van der Waals surface area contributed by atoms with E-state index in [0.717, 1.165) is 59.8 Å². The van der Waals surface area contributed by atoms with Crippen molar-refractivity contribution in [2.24, 2.45) is 41.4 Å². The SMILES string of the molecule is CC(C)C(=O)O.CC(C)C(=O)OCCl.CC[C@@H](CC(=O)OCOP(=O)(O)O)c1ccc(N(CC(C)C)CC(C)C)c(NC(=O)Nc2ccc(C)cc2)c1.CC[C@@H](CC(=O)OCOP(=O)(O)OCOC(=O)C(C)C)c1ccc(N(CC(C)C)CC(C)C)c(NC(=O)Nc2ccc(C)cc2)c1.S.S. The summed E-state index contributed by atoms with van der Waals surface area (Å²) in [6.07, 6.45) is 1.12. The summed E-state index contributed by atoms with van der Waals surface area (Å²) in [5.74, 6) is -2.63. The highest BCUT2D eigenvalue weighted by atomic mass is 35.5. The Morgan fingerprint density at radius 2 is 0.782 bits per heavy atom. The van der Waals surface area contributed by atoms with E-state index in [1.54, 1.807) is 41.5 Å². The van der Waals surface area contributed by atoms with E-state index >= 15 is 0 Å². The molecular formula is C70H113ClN6O20P2S2. The summed E-state index contributed by atoms with van der Waals surface area (Å²) in [5, 5.41) is 19.8. The highest BCUT2D eigenvalue weighted by molar-refractivity contribution is 7.59. The van der Waals surface area contributed by atoms with Crippen LogP contribution in [0.2, 0.25) is 0 Å². The van der Waals surface area contributed by atoms with Crippen molar-refractivity contribution in [1.82, 2.24) is 0 Å². The zero-order chi connectivity index (χ0) is 75.3. The highest BCUT2D eigenvalue weighted by Crippen LogP contribution is 2.43. The number of carbonyl (C=O) groups is 7. The molecule has 0 aliphatic carbocycles. The average molecular weight is 1520 g/mol. The number of nitrogens with one attached hydrogen (secondary N) is 4. The van der Waals surface area contributed by atoms with Crippen LogP contribution in [0.5, 0.6) is 0 Å². The van der Waals surface area contributed by atoms with E-state index in [4.69, 9.17) is 40.7 Å². The third-order valence-electron chi connectivity index (χ3n) is 13.9. The van der Waals surface area contributed by atoms with E-state index in [9.17, 15) is 47.6 Å². The second kappa shape index (κ2) is 50.1. The van der Waals surface area contributed by atoms with Crippen LogP contribution in [0.3, 0.4) is 0 Å². The molecule has 0 spiro atoms. The van der Waals surface area contributed by atoms with Gasteiger partial charge in [-0.1, -0.05) is 170 Å². The Labute approximate surface area is 616 Å². The standard InChI is InChI=1S/C33H50N3O9P.C28H42N3O7P.C5H9ClO2.C4H8O2.2H2S/c1-9-26(17-31(37)42-20-44-46(40,41)45-21-43-32(38)24(6)7)27-12-15-30(36(18-22(2)3)19-23(4)5)29(16-27)35-33(39)34-28-13-10-25(8)11-14-28;1-7-22(15-27(32)37-18-38-39(34,35)36)23-10-13-26(31(16-19(2)3)17-20(4)5)25(14-23)30-28(33)29-24-11-8-21(6)9-12-24;1-4(2)5(7)8-3-6;1-3(2)4(5)6;;/h10-16,22-24,26H,9,17-21H2,1-8H3,(H,40,41)(H2,34,35,39);8-14,19-20,22H,7,15-18H2,1-6H3,(H2,29,30,33)(H2,34,35,36);4H,3H2,1-2H3;3H,1-2H3,(H,5,6);2*1H2/t26-;22-;;;;/m00..../s1. The molecule has 3 atom stereocenters. The Bertz CT molecular complexity index is 3210. The summed E-state index contributed by atoms with van der Waals surface area (Å²) in [6.45, 7) is 35.7. The van der Waals surface area contributed by atoms with Gasteiger partial charge in [-0.05, 0) is 122 Å². The van der Waals surface area contributed by atoms with Crippen molar-refractivity contribution in [2.75, 3.05) is 83.7 Å². The Morgan fingerprint density at radius 3 is 1.06 bits per heavy atom. The molecule has 0 saturated carbocycles. The predicted octanol–water partition coefficient (Wildman–Crippen LogP) is 16.0. The number of alkyl halides is 1. The topological polar surface area (TPSA) is 354 Å². The van der Waals surface area contributed by atoms with Crippen LogP contribution in [0.1, 0.15) is 171 Å². The molecule has 31 heteroatoms. The first-order valence-corrected chi connectivity index (χ1v) is 36.6. The third kappa shape index (κ3) is 42.7. The minimum absolute atomic E-state index is 0. The van der Waals surface area contributed by atoms with E-state index in [2.05, 4.69) is 105 Å². The summed E-state index contributed by atoms with van der Waals surface area (Å²) in [4.78, 5) is 115. The number of urea groups is 2. The minimum atomic E-state index is -4.73. The van der Waals surface area contributed by atoms with Gasteiger partial charge in [0.1, 0.15) is 0 Å². The number of esters is 4. The molecule has 1 unspecified atom stereocenters. The van der Waals surface area contributed by atoms with E-state index in [-0.39, 0.29) is 81.6 Å². The number of amides is 4. The van der Waals surface area contributed by atoms with Crippen LogP contribution < -0.4 is 31.1 Å². The number of carbonyl (C=O) groups excluding carboxylic acids is 6. The number of benzene rings is 4. The summed E-state index contributed by atoms with van der Waals surface area (Å²) in [5.41, 5.74) is 8.12. The number of aliphatic carboxylic acids is 1. The van der Waals surface area contributed by atoms with Gasteiger partial charge in [0.15, 0.2) is 6.07 Å². The van der Waals surface area contributed by atoms with Crippen LogP contribution in [0.15, 0.2) is 84.9 Å². The number of halogens is 1. The lowest BCUT2D eigenvalue weighted by Crippen LogP contribution is -2.32. The fourth-order valence-corrected chi connectivity index (χ4v) is 9.67. The average Bonchev–Trinajstić information content (AvgIpc) is 0.820. The maximum Gasteiger partial charge on any atom is 0.478 e.